The standard InChI is InChI=1S/C13H17N5O4/c1-8(2)18-6-9(5-14-18)12(19)17-3-4-21-10(7-17)11-15-13(20)22-16-11/h5-6,8,10H,3-4,7H2,1-2H3,(H,15,16,20). The molecule has 0 bridgehead atoms. The topological polar surface area (TPSA) is 106 Å². The summed E-state index contributed by atoms with van der Waals surface area (Å²) in [6, 6.07) is 0.194. The third-order valence-electron chi connectivity index (χ3n) is 3.49. The summed E-state index contributed by atoms with van der Waals surface area (Å²) in [7, 11) is 0. The number of morpholine rings is 1. The maximum absolute atomic E-state index is 12.5. The van der Waals surface area contributed by atoms with Gasteiger partial charge in [0, 0.05) is 18.8 Å². The average Bonchev–Trinajstić information content (AvgIpc) is 3.15. The van der Waals surface area contributed by atoms with E-state index in [9.17, 15) is 9.59 Å². The van der Waals surface area contributed by atoms with Crippen molar-refractivity contribution in [2.75, 3.05) is 19.7 Å². The van der Waals surface area contributed by atoms with Gasteiger partial charge in [0.15, 0.2) is 5.82 Å². The molecular formula is C13H17N5O4. The Balaban J connectivity index is 1.73. The summed E-state index contributed by atoms with van der Waals surface area (Å²) >= 11 is 0. The number of H-pyrrole nitrogens is 1. The predicted octanol–water partition coefficient (Wildman–Crippen LogP) is 0.354. The van der Waals surface area contributed by atoms with E-state index in [2.05, 4.69) is 19.8 Å². The molecule has 1 unspecified atom stereocenters. The van der Waals surface area contributed by atoms with Gasteiger partial charge in [-0.25, -0.2) is 4.79 Å². The lowest BCUT2D eigenvalue weighted by Gasteiger charge is -2.31. The van der Waals surface area contributed by atoms with Gasteiger partial charge in [0.2, 0.25) is 0 Å². The number of hydrogen-bond acceptors (Lipinski definition) is 6. The van der Waals surface area contributed by atoms with Gasteiger partial charge in [-0.05, 0) is 13.8 Å². The highest BCUT2D eigenvalue weighted by Crippen LogP contribution is 2.20. The maximum Gasteiger partial charge on any atom is 0.438 e. The van der Waals surface area contributed by atoms with E-state index in [0.29, 0.717) is 31.1 Å². The summed E-state index contributed by atoms with van der Waals surface area (Å²) in [5.74, 6) is -0.466. The van der Waals surface area contributed by atoms with Crippen molar-refractivity contribution in [1.29, 1.82) is 0 Å². The van der Waals surface area contributed by atoms with E-state index in [4.69, 9.17) is 4.74 Å². The minimum absolute atomic E-state index is 0.119. The maximum atomic E-state index is 12.5. The largest absolute Gasteiger partial charge is 0.438 e. The van der Waals surface area contributed by atoms with Crippen LogP contribution < -0.4 is 5.76 Å². The smallest absolute Gasteiger partial charge is 0.366 e. The van der Waals surface area contributed by atoms with Crippen molar-refractivity contribution in [2.45, 2.75) is 26.0 Å². The molecule has 118 valence electrons. The van der Waals surface area contributed by atoms with E-state index in [0.717, 1.165) is 0 Å². The second-order valence-corrected chi connectivity index (χ2v) is 5.39. The Morgan fingerprint density at radius 3 is 2.95 bits per heavy atom. The van der Waals surface area contributed by atoms with E-state index < -0.39 is 11.9 Å². The number of aromatic nitrogens is 4. The van der Waals surface area contributed by atoms with Crippen LogP contribution >= 0.6 is 0 Å². The van der Waals surface area contributed by atoms with Crippen LogP contribution in [0.1, 0.15) is 42.2 Å². The molecule has 0 radical (unpaired) electrons. The molecule has 0 spiro atoms. The van der Waals surface area contributed by atoms with Gasteiger partial charge < -0.3 is 9.64 Å². The molecule has 0 aliphatic carbocycles. The Hall–Kier alpha value is -2.42. The number of nitrogens with one attached hydrogen (secondary N) is 1. The highest BCUT2D eigenvalue weighted by Gasteiger charge is 2.29. The SMILES string of the molecule is CC(C)n1cc(C(=O)N2CCOC(c3noc(=O)[nH]3)C2)cn1. The highest BCUT2D eigenvalue weighted by molar-refractivity contribution is 5.93. The number of ether oxygens (including phenoxy) is 1. The zero-order valence-electron chi connectivity index (χ0n) is 12.4. The van der Waals surface area contributed by atoms with Gasteiger partial charge in [0.25, 0.3) is 5.91 Å². The summed E-state index contributed by atoms with van der Waals surface area (Å²) in [6.45, 7) is 5.13. The molecule has 0 aromatic carbocycles. The molecule has 1 atom stereocenters. The monoisotopic (exact) mass is 307 g/mol. The van der Waals surface area contributed by atoms with Crippen molar-refractivity contribution in [1.82, 2.24) is 24.8 Å². The van der Waals surface area contributed by atoms with Crippen LogP contribution in [0.15, 0.2) is 21.7 Å². The second-order valence-electron chi connectivity index (χ2n) is 5.39. The molecule has 3 rings (SSSR count). The quantitative estimate of drug-likeness (QED) is 0.877. The normalized spacial score (nSPS) is 18.9. The van der Waals surface area contributed by atoms with Crippen LogP contribution in [-0.2, 0) is 4.74 Å². The molecule has 1 aliphatic heterocycles. The number of hydrogen-bond donors (Lipinski definition) is 1. The van der Waals surface area contributed by atoms with Crippen LogP contribution in [-0.4, -0.2) is 50.4 Å². The van der Waals surface area contributed by atoms with Gasteiger partial charge >= 0.3 is 5.76 Å². The molecular weight excluding hydrogens is 290 g/mol. The lowest BCUT2D eigenvalue weighted by atomic mass is 10.2. The van der Waals surface area contributed by atoms with Crippen molar-refractivity contribution in [3.8, 4) is 0 Å². The number of carbonyl (C=O) groups is 1. The lowest BCUT2D eigenvalue weighted by molar-refractivity contribution is -0.0276. The van der Waals surface area contributed by atoms with E-state index in [1.807, 2.05) is 13.8 Å². The molecule has 1 fully saturated rings. The minimum Gasteiger partial charge on any atom is -0.366 e. The fourth-order valence-electron chi connectivity index (χ4n) is 2.29. The van der Waals surface area contributed by atoms with Gasteiger partial charge in [-0.3, -0.25) is 19.0 Å². The van der Waals surface area contributed by atoms with Gasteiger partial charge in [0.05, 0.1) is 24.9 Å². The highest BCUT2D eigenvalue weighted by atomic mass is 16.5. The van der Waals surface area contributed by atoms with E-state index in [-0.39, 0.29) is 11.9 Å². The first-order valence-electron chi connectivity index (χ1n) is 7.05. The molecule has 2 aromatic heterocycles. The van der Waals surface area contributed by atoms with Crippen LogP contribution in [0.25, 0.3) is 0 Å². The summed E-state index contributed by atoms with van der Waals surface area (Å²) in [5.41, 5.74) is 0.531. The molecule has 1 saturated heterocycles. The summed E-state index contributed by atoms with van der Waals surface area (Å²) in [5, 5.41) is 7.79. The number of nitrogens with zero attached hydrogens (tertiary/aromatic N) is 4. The number of amides is 1. The van der Waals surface area contributed by atoms with Crippen molar-refractivity contribution in [2.24, 2.45) is 0 Å². The van der Waals surface area contributed by atoms with Crippen molar-refractivity contribution in [3.05, 3.63) is 34.3 Å². The zero-order chi connectivity index (χ0) is 15.7. The molecule has 9 nitrogen and oxygen atoms in total. The fourth-order valence-corrected chi connectivity index (χ4v) is 2.29. The minimum atomic E-state index is -0.639. The molecule has 9 heteroatoms. The zero-order valence-corrected chi connectivity index (χ0v) is 12.4. The summed E-state index contributed by atoms with van der Waals surface area (Å²) in [4.78, 5) is 27.6. The lowest BCUT2D eigenvalue weighted by Crippen LogP contribution is -2.42. The van der Waals surface area contributed by atoms with Gasteiger partial charge in [-0.1, -0.05) is 5.16 Å². The molecule has 2 aromatic rings. The van der Waals surface area contributed by atoms with Gasteiger partial charge in [-0.15, -0.1) is 0 Å². The molecule has 1 aliphatic rings. The average molecular weight is 307 g/mol. The Labute approximate surface area is 125 Å². The Bertz CT molecular complexity index is 716. The number of rotatable bonds is 3. The number of carbonyl (C=O) groups excluding carboxylic acids is 1. The first kappa shape index (κ1) is 14.5. The van der Waals surface area contributed by atoms with Crippen LogP contribution in [0, 0.1) is 0 Å². The first-order valence-corrected chi connectivity index (χ1v) is 7.05. The molecule has 3 heterocycles. The predicted molar refractivity (Wildman–Crippen MR) is 74.3 cm³/mol. The molecule has 1 amide bonds. The first-order chi connectivity index (χ1) is 10.5. The van der Waals surface area contributed by atoms with Crippen LogP contribution in [0.5, 0.6) is 0 Å². The Morgan fingerprint density at radius 2 is 2.32 bits per heavy atom. The molecule has 22 heavy (non-hydrogen) atoms. The third-order valence-corrected chi connectivity index (χ3v) is 3.49. The van der Waals surface area contributed by atoms with Crippen LogP contribution in [0.2, 0.25) is 0 Å². The van der Waals surface area contributed by atoms with E-state index in [1.54, 1.807) is 22.0 Å². The van der Waals surface area contributed by atoms with Gasteiger partial charge in [0.1, 0.15) is 6.10 Å². The van der Waals surface area contributed by atoms with Crippen molar-refractivity contribution >= 4 is 5.91 Å². The van der Waals surface area contributed by atoms with Gasteiger partial charge in [-0.2, -0.15) is 5.10 Å². The molecule has 1 N–H and O–H groups in total. The Kier molecular flexibility index (Phi) is 3.80. The van der Waals surface area contributed by atoms with E-state index >= 15 is 0 Å². The Morgan fingerprint density at radius 1 is 1.50 bits per heavy atom. The number of aromatic amines is 1. The summed E-state index contributed by atoms with van der Waals surface area (Å²) < 4.78 is 11.7. The van der Waals surface area contributed by atoms with Crippen LogP contribution in [0.4, 0.5) is 0 Å². The van der Waals surface area contributed by atoms with E-state index in [1.165, 1.54) is 0 Å². The fraction of sp³-hybridized carbons (Fsp3) is 0.538. The van der Waals surface area contributed by atoms with Crippen LogP contribution in [0.3, 0.4) is 0 Å². The second kappa shape index (κ2) is 5.76. The molecule has 0 saturated carbocycles. The van der Waals surface area contributed by atoms with Crippen molar-refractivity contribution < 1.29 is 14.1 Å². The third kappa shape index (κ3) is 2.80. The summed E-state index contributed by atoms with van der Waals surface area (Å²) in [6.07, 6.45) is 2.80. The van der Waals surface area contributed by atoms with Crippen molar-refractivity contribution in [3.63, 3.8) is 0 Å².